The van der Waals surface area contributed by atoms with Crippen LogP contribution in [0.2, 0.25) is 0 Å². The maximum atomic E-state index is 12.4. The fraction of sp³-hybridized carbons (Fsp3) is 0.579. The smallest absolute Gasteiger partial charge is 0.260 e. The van der Waals surface area contributed by atoms with Crippen LogP contribution < -0.4 is 10.5 Å². The summed E-state index contributed by atoms with van der Waals surface area (Å²) >= 11 is 0. The molecule has 134 valence electrons. The highest BCUT2D eigenvalue weighted by Crippen LogP contribution is 2.13. The summed E-state index contributed by atoms with van der Waals surface area (Å²) in [5, 5.41) is 0. The lowest BCUT2D eigenvalue weighted by Gasteiger charge is -2.24. The van der Waals surface area contributed by atoms with Gasteiger partial charge in [0.25, 0.3) is 5.91 Å². The molecule has 0 spiro atoms. The fourth-order valence-electron chi connectivity index (χ4n) is 2.14. The zero-order chi connectivity index (χ0) is 18.1. The van der Waals surface area contributed by atoms with Crippen molar-refractivity contribution >= 4 is 11.8 Å². The van der Waals surface area contributed by atoms with E-state index in [-0.39, 0.29) is 12.5 Å². The molecule has 0 atom stereocenters. The van der Waals surface area contributed by atoms with Crippen LogP contribution >= 0.6 is 0 Å². The Balaban J connectivity index is 2.57. The summed E-state index contributed by atoms with van der Waals surface area (Å²) in [5.74, 6) is 1.19. The summed E-state index contributed by atoms with van der Waals surface area (Å²) in [6.07, 6.45) is 1.97. The number of carbonyl (C=O) groups excluding carboxylic acids is 2. The summed E-state index contributed by atoms with van der Waals surface area (Å²) in [6, 6.07) is 6.49. The Hall–Kier alpha value is -2.04. The summed E-state index contributed by atoms with van der Waals surface area (Å²) in [5.41, 5.74) is 5.62. The highest BCUT2D eigenvalue weighted by molar-refractivity contribution is 5.92. The monoisotopic (exact) mass is 334 g/mol. The van der Waals surface area contributed by atoms with E-state index in [4.69, 9.17) is 10.5 Å². The second-order valence-electron chi connectivity index (χ2n) is 6.92. The van der Waals surface area contributed by atoms with E-state index in [1.807, 2.05) is 4.90 Å². The van der Waals surface area contributed by atoms with Crippen LogP contribution in [0.15, 0.2) is 24.3 Å². The summed E-state index contributed by atoms with van der Waals surface area (Å²) < 4.78 is 5.55. The maximum Gasteiger partial charge on any atom is 0.260 e. The van der Waals surface area contributed by atoms with E-state index in [1.165, 1.54) is 0 Å². The minimum atomic E-state index is -0.480. The molecule has 0 saturated carbocycles. The molecule has 0 aromatic heterocycles. The zero-order valence-corrected chi connectivity index (χ0v) is 15.2. The van der Waals surface area contributed by atoms with Crippen LogP contribution in [0.5, 0.6) is 5.75 Å². The van der Waals surface area contributed by atoms with Crippen LogP contribution in [0, 0.1) is 11.8 Å². The number of nitrogens with zero attached hydrogens (tertiary/aromatic N) is 1. The Kier molecular flexibility index (Phi) is 8.30. The van der Waals surface area contributed by atoms with Crippen molar-refractivity contribution in [1.29, 1.82) is 0 Å². The average molecular weight is 334 g/mol. The first-order chi connectivity index (χ1) is 11.3. The first-order valence-corrected chi connectivity index (χ1v) is 8.60. The predicted molar refractivity (Wildman–Crippen MR) is 95.9 cm³/mol. The van der Waals surface area contributed by atoms with Gasteiger partial charge in [-0.2, -0.15) is 0 Å². The normalized spacial score (nSPS) is 10.9. The van der Waals surface area contributed by atoms with Gasteiger partial charge in [0.1, 0.15) is 5.75 Å². The van der Waals surface area contributed by atoms with E-state index < -0.39 is 5.91 Å². The molecule has 5 heteroatoms. The van der Waals surface area contributed by atoms with Gasteiger partial charge in [-0.3, -0.25) is 9.59 Å². The van der Waals surface area contributed by atoms with Gasteiger partial charge in [-0.25, -0.2) is 0 Å². The zero-order valence-electron chi connectivity index (χ0n) is 15.2. The first-order valence-electron chi connectivity index (χ1n) is 8.60. The van der Waals surface area contributed by atoms with Crippen molar-refractivity contribution < 1.29 is 14.3 Å². The average Bonchev–Trinajstić information content (AvgIpc) is 2.52. The second kappa shape index (κ2) is 9.96. The number of rotatable bonds is 10. The molecule has 0 aliphatic rings. The van der Waals surface area contributed by atoms with Gasteiger partial charge in [0.05, 0.1) is 0 Å². The largest absolute Gasteiger partial charge is 0.484 e. The Bertz CT molecular complexity index is 512. The van der Waals surface area contributed by atoms with Gasteiger partial charge in [-0.1, -0.05) is 27.7 Å². The molecule has 24 heavy (non-hydrogen) atoms. The fourth-order valence-corrected chi connectivity index (χ4v) is 2.14. The van der Waals surface area contributed by atoms with Crippen LogP contribution in [-0.2, 0) is 4.79 Å². The molecule has 5 nitrogen and oxygen atoms in total. The lowest BCUT2D eigenvalue weighted by molar-refractivity contribution is -0.133. The third-order valence-corrected chi connectivity index (χ3v) is 3.81. The van der Waals surface area contributed by atoms with Gasteiger partial charge in [-0.15, -0.1) is 0 Å². The lowest BCUT2D eigenvalue weighted by Crippen LogP contribution is -2.37. The quantitative estimate of drug-likeness (QED) is 0.714. The van der Waals surface area contributed by atoms with Crippen LogP contribution in [0.4, 0.5) is 0 Å². The molecule has 0 radical (unpaired) electrons. The summed E-state index contributed by atoms with van der Waals surface area (Å²) in [7, 11) is 0. The summed E-state index contributed by atoms with van der Waals surface area (Å²) in [6.45, 7) is 10.1. The minimum Gasteiger partial charge on any atom is -0.484 e. The van der Waals surface area contributed by atoms with E-state index in [0.717, 1.165) is 25.9 Å². The van der Waals surface area contributed by atoms with E-state index in [9.17, 15) is 9.59 Å². The number of ether oxygens (including phenoxy) is 1. The van der Waals surface area contributed by atoms with E-state index in [1.54, 1.807) is 24.3 Å². The third-order valence-electron chi connectivity index (χ3n) is 3.81. The molecule has 0 heterocycles. The topological polar surface area (TPSA) is 72.6 Å². The Morgan fingerprint density at radius 3 is 1.92 bits per heavy atom. The van der Waals surface area contributed by atoms with Crippen molar-refractivity contribution in [2.45, 2.75) is 40.5 Å². The number of carbonyl (C=O) groups is 2. The molecule has 1 rings (SSSR count). The number of hydrogen-bond donors (Lipinski definition) is 1. The molecule has 0 unspecified atom stereocenters. The van der Waals surface area contributed by atoms with Gasteiger partial charge in [0.15, 0.2) is 6.61 Å². The molecular weight excluding hydrogens is 304 g/mol. The van der Waals surface area contributed by atoms with Crippen molar-refractivity contribution in [3.05, 3.63) is 29.8 Å². The minimum absolute atomic E-state index is 0.00437. The number of hydrogen-bond acceptors (Lipinski definition) is 3. The molecule has 0 bridgehead atoms. The molecule has 1 aromatic carbocycles. The van der Waals surface area contributed by atoms with Crippen molar-refractivity contribution in [2.75, 3.05) is 19.7 Å². The molecule has 2 N–H and O–H groups in total. The second-order valence-corrected chi connectivity index (χ2v) is 6.92. The van der Waals surface area contributed by atoms with Crippen LogP contribution in [0.1, 0.15) is 50.9 Å². The molecule has 1 aromatic rings. The van der Waals surface area contributed by atoms with Crippen LogP contribution in [-0.4, -0.2) is 36.4 Å². The molecule has 0 saturated heterocycles. The molecule has 0 aliphatic carbocycles. The molecule has 0 fully saturated rings. The van der Waals surface area contributed by atoms with Gasteiger partial charge in [0.2, 0.25) is 5.91 Å². The molecule has 0 aliphatic heterocycles. The highest BCUT2D eigenvalue weighted by Gasteiger charge is 2.15. The number of primary amides is 1. The third kappa shape index (κ3) is 7.49. The van der Waals surface area contributed by atoms with Crippen molar-refractivity contribution in [3.8, 4) is 5.75 Å². The molecular formula is C19H30N2O3. The predicted octanol–water partition coefficient (Wildman–Crippen LogP) is 3.09. The van der Waals surface area contributed by atoms with E-state index in [2.05, 4.69) is 27.7 Å². The van der Waals surface area contributed by atoms with Crippen molar-refractivity contribution in [1.82, 2.24) is 4.90 Å². The Morgan fingerprint density at radius 1 is 1.00 bits per heavy atom. The van der Waals surface area contributed by atoms with Gasteiger partial charge >= 0.3 is 0 Å². The van der Waals surface area contributed by atoms with Crippen LogP contribution in [0.25, 0.3) is 0 Å². The number of benzene rings is 1. The van der Waals surface area contributed by atoms with Gasteiger partial charge < -0.3 is 15.4 Å². The Labute approximate surface area is 145 Å². The van der Waals surface area contributed by atoms with Crippen LogP contribution in [0.3, 0.4) is 0 Å². The maximum absolute atomic E-state index is 12.4. The van der Waals surface area contributed by atoms with Gasteiger partial charge in [0, 0.05) is 18.7 Å². The number of amides is 2. The SMILES string of the molecule is CC(C)CCN(CCC(C)C)C(=O)COc1ccc(C(N)=O)cc1. The molecule has 2 amide bonds. The van der Waals surface area contributed by atoms with E-state index >= 15 is 0 Å². The van der Waals surface area contributed by atoms with Gasteiger partial charge in [-0.05, 0) is 48.9 Å². The number of nitrogens with two attached hydrogens (primary N) is 1. The highest BCUT2D eigenvalue weighted by atomic mass is 16.5. The lowest BCUT2D eigenvalue weighted by atomic mass is 10.1. The van der Waals surface area contributed by atoms with Crippen molar-refractivity contribution in [3.63, 3.8) is 0 Å². The van der Waals surface area contributed by atoms with Crippen molar-refractivity contribution in [2.24, 2.45) is 17.6 Å². The summed E-state index contributed by atoms with van der Waals surface area (Å²) in [4.78, 5) is 25.4. The first kappa shape index (κ1) is 20.0. The van der Waals surface area contributed by atoms with E-state index in [0.29, 0.717) is 23.1 Å². The Morgan fingerprint density at radius 2 is 1.50 bits per heavy atom. The standard InChI is InChI=1S/C19H30N2O3/c1-14(2)9-11-21(12-10-15(3)4)18(22)13-24-17-7-5-16(6-8-17)19(20)23/h5-8,14-15H,9-13H2,1-4H3,(H2,20,23).